The molecule has 0 radical (unpaired) electrons. The number of hydrogen-bond donors (Lipinski definition) is 1. The Morgan fingerprint density at radius 1 is 1.12 bits per heavy atom. The van der Waals surface area contributed by atoms with E-state index in [9.17, 15) is 0 Å². The molecule has 1 saturated carbocycles. The highest BCUT2D eigenvalue weighted by Crippen LogP contribution is 2.31. The number of ether oxygens (including phenoxy) is 1. The van der Waals surface area contributed by atoms with Crippen LogP contribution in [0.4, 0.5) is 0 Å². The lowest BCUT2D eigenvalue weighted by molar-refractivity contribution is 0.00780. The summed E-state index contributed by atoms with van der Waals surface area (Å²) in [6, 6.07) is 0.424. The van der Waals surface area contributed by atoms with Gasteiger partial charge in [-0.1, -0.05) is 19.8 Å². The van der Waals surface area contributed by atoms with E-state index in [0.29, 0.717) is 12.1 Å². The molecule has 0 spiro atoms. The zero-order chi connectivity index (χ0) is 12.1. The van der Waals surface area contributed by atoms with Crippen LogP contribution in [0.3, 0.4) is 0 Å². The van der Waals surface area contributed by atoms with Crippen molar-refractivity contribution in [3.05, 3.63) is 0 Å². The SMILES string of the molecule is CC1CCC(C(N)CCC2CCCCO2)CC1. The fourth-order valence-corrected chi connectivity index (χ4v) is 3.36. The van der Waals surface area contributed by atoms with Crippen molar-refractivity contribution in [3.8, 4) is 0 Å². The van der Waals surface area contributed by atoms with Gasteiger partial charge in [0.15, 0.2) is 0 Å². The molecule has 2 unspecified atom stereocenters. The lowest BCUT2D eigenvalue weighted by Gasteiger charge is -2.32. The van der Waals surface area contributed by atoms with Crippen LogP contribution in [0.15, 0.2) is 0 Å². The lowest BCUT2D eigenvalue weighted by atomic mass is 9.78. The second-order valence-corrected chi connectivity index (χ2v) is 6.25. The van der Waals surface area contributed by atoms with E-state index in [-0.39, 0.29) is 0 Å². The highest BCUT2D eigenvalue weighted by molar-refractivity contribution is 4.79. The third-order valence-corrected chi connectivity index (χ3v) is 4.76. The zero-order valence-electron chi connectivity index (χ0n) is 11.4. The average Bonchev–Trinajstić information content (AvgIpc) is 2.38. The molecule has 1 heterocycles. The quantitative estimate of drug-likeness (QED) is 0.815. The molecule has 0 aromatic rings. The van der Waals surface area contributed by atoms with E-state index >= 15 is 0 Å². The molecule has 2 atom stereocenters. The molecule has 17 heavy (non-hydrogen) atoms. The molecular weight excluding hydrogens is 210 g/mol. The molecule has 2 fully saturated rings. The van der Waals surface area contributed by atoms with Gasteiger partial charge in [0.25, 0.3) is 0 Å². The van der Waals surface area contributed by atoms with Crippen molar-refractivity contribution in [2.24, 2.45) is 17.6 Å². The van der Waals surface area contributed by atoms with Crippen LogP contribution in [-0.2, 0) is 4.74 Å². The van der Waals surface area contributed by atoms with Gasteiger partial charge in [-0.15, -0.1) is 0 Å². The Morgan fingerprint density at radius 2 is 1.88 bits per heavy atom. The maximum atomic E-state index is 6.36. The summed E-state index contributed by atoms with van der Waals surface area (Å²) in [5.41, 5.74) is 6.36. The van der Waals surface area contributed by atoms with Gasteiger partial charge in [-0.05, 0) is 56.8 Å². The van der Waals surface area contributed by atoms with E-state index in [1.165, 1.54) is 57.8 Å². The molecule has 2 rings (SSSR count). The first-order valence-corrected chi connectivity index (χ1v) is 7.63. The van der Waals surface area contributed by atoms with E-state index in [2.05, 4.69) is 6.92 Å². The van der Waals surface area contributed by atoms with Gasteiger partial charge >= 0.3 is 0 Å². The van der Waals surface area contributed by atoms with E-state index in [4.69, 9.17) is 10.5 Å². The third-order valence-electron chi connectivity index (χ3n) is 4.76. The van der Waals surface area contributed by atoms with Crippen molar-refractivity contribution >= 4 is 0 Å². The van der Waals surface area contributed by atoms with Crippen LogP contribution in [0.2, 0.25) is 0 Å². The standard InChI is InChI=1S/C15H29NO/c1-12-5-7-13(8-6-12)15(16)10-9-14-4-2-3-11-17-14/h12-15H,2-11,16H2,1H3. The Kier molecular flexibility index (Phi) is 5.30. The van der Waals surface area contributed by atoms with Crippen molar-refractivity contribution in [3.63, 3.8) is 0 Å². The van der Waals surface area contributed by atoms with Crippen LogP contribution < -0.4 is 5.73 Å². The van der Waals surface area contributed by atoms with Crippen molar-refractivity contribution in [1.29, 1.82) is 0 Å². The summed E-state index contributed by atoms with van der Waals surface area (Å²) in [5.74, 6) is 1.72. The van der Waals surface area contributed by atoms with E-state index in [1.54, 1.807) is 0 Å². The minimum absolute atomic E-state index is 0.424. The van der Waals surface area contributed by atoms with Crippen LogP contribution in [0, 0.1) is 11.8 Å². The van der Waals surface area contributed by atoms with Crippen LogP contribution in [0.1, 0.15) is 64.7 Å². The molecule has 2 N–H and O–H groups in total. The normalized spacial score (nSPS) is 36.7. The van der Waals surface area contributed by atoms with Crippen molar-refractivity contribution in [2.75, 3.05) is 6.61 Å². The molecule has 2 aliphatic rings. The minimum atomic E-state index is 0.424. The molecule has 0 aromatic heterocycles. The Balaban J connectivity index is 1.64. The third kappa shape index (κ3) is 4.26. The average molecular weight is 239 g/mol. The molecule has 0 bridgehead atoms. The summed E-state index contributed by atoms with van der Waals surface area (Å²) in [7, 11) is 0. The maximum absolute atomic E-state index is 6.36. The highest BCUT2D eigenvalue weighted by Gasteiger charge is 2.24. The first-order valence-electron chi connectivity index (χ1n) is 7.63. The number of nitrogens with two attached hydrogens (primary N) is 1. The Morgan fingerprint density at radius 3 is 2.53 bits per heavy atom. The van der Waals surface area contributed by atoms with Crippen molar-refractivity contribution < 1.29 is 4.74 Å². The Labute approximate surface area is 106 Å². The van der Waals surface area contributed by atoms with Gasteiger partial charge in [-0.3, -0.25) is 0 Å². The van der Waals surface area contributed by atoms with E-state index in [0.717, 1.165) is 18.4 Å². The van der Waals surface area contributed by atoms with Crippen LogP contribution >= 0.6 is 0 Å². The first-order chi connectivity index (χ1) is 8.25. The molecule has 0 amide bonds. The highest BCUT2D eigenvalue weighted by atomic mass is 16.5. The summed E-state index contributed by atoms with van der Waals surface area (Å²) < 4.78 is 5.78. The van der Waals surface area contributed by atoms with Gasteiger partial charge in [-0.25, -0.2) is 0 Å². The summed E-state index contributed by atoms with van der Waals surface area (Å²) in [4.78, 5) is 0. The predicted molar refractivity (Wildman–Crippen MR) is 71.9 cm³/mol. The van der Waals surface area contributed by atoms with Gasteiger partial charge < -0.3 is 10.5 Å². The van der Waals surface area contributed by atoms with Crippen molar-refractivity contribution in [2.45, 2.75) is 76.9 Å². The zero-order valence-corrected chi connectivity index (χ0v) is 11.4. The molecule has 1 saturated heterocycles. The van der Waals surface area contributed by atoms with Gasteiger partial charge in [0, 0.05) is 12.6 Å². The van der Waals surface area contributed by atoms with Gasteiger partial charge in [0.05, 0.1) is 6.10 Å². The fourth-order valence-electron chi connectivity index (χ4n) is 3.36. The number of rotatable bonds is 4. The van der Waals surface area contributed by atoms with Crippen LogP contribution in [0.25, 0.3) is 0 Å². The molecule has 0 aromatic carbocycles. The summed E-state index contributed by atoms with van der Waals surface area (Å²) >= 11 is 0. The summed E-state index contributed by atoms with van der Waals surface area (Å²) in [6.07, 6.45) is 12.2. The topological polar surface area (TPSA) is 35.2 Å². The second kappa shape index (κ2) is 6.75. The smallest absolute Gasteiger partial charge is 0.0575 e. The number of hydrogen-bond acceptors (Lipinski definition) is 2. The van der Waals surface area contributed by atoms with Crippen LogP contribution in [-0.4, -0.2) is 18.8 Å². The first kappa shape index (κ1) is 13.4. The predicted octanol–water partition coefficient (Wildman–Crippen LogP) is 3.49. The summed E-state index contributed by atoms with van der Waals surface area (Å²) in [6.45, 7) is 3.35. The molecule has 100 valence electrons. The molecule has 2 nitrogen and oxygen atoms in total. The molecule has 1 aliphatic carbocycles. The van der Waals surface area contributed by atoms with Gasteiger partial charge in [-0.2, -0.15) is 0 Å². The summed E-state index contributed by atoms with van der Waals surface area (Å²) in [5, 5.41) is 0. The van der Waals surface area contributed by atoms with Gasteiger partial charge in [0.2, 0.25) is 0 Å². The monoisotopic (exact) mass is 239 g/mol. The van der Waals surface area contributed by atoms with E-state index in [1.807, 2.05) is 0 Å². The van der Waals surface area contributed by atoms with Crippen molar-refractivity contribution in [1.82, 2.24) is 0 Å². The van der Waals surface area contributed by atoms with Crippen LogP contribution in [0.5, 0.6) is 0 Å². The fraction of sp³-hybridized carbons (Fsp3) is 1.00. The lowest BCUT2D eigenvalue weighted by Crippen LogP contribution is -2.34. The Hall–Kier alpha value is -0.0800. The second-order valence-electron chi connectivity index (χ2n) is 6.25. The van der Waals surface area contributed by atoms with E-state index < -0.39 is 0 Å². The maximum Gasteiger partial charge on any atom is 0.0575 e. The molecule has 2 heteroatoms. The molecular formula is C15H29NO. The Bertz CT molecular complexity index is 205. The minimum Gasteiger partial charge on any atom is -0.378 e. The van der Waals surface area contributed by atoms with Gasteiger partial charge in [0.1, 0.15) is 0 Å². The largest absolute Gasteiger partial charge is 0.378 e. The molecule has 1 aliphatic heterocycles.